The zero-order chi connectivity index (χ0) is 24.3. The van der Waals surface area contributed by atoms with Crippen LogP contribution in [0.15, 0.2) is 0 Å². The van der Waals surface area contributed by atoms with Crippen molar-refractivity contribution in [3.63, 3.8) is 0 Å². The Balaban J connectivity index is 3.26. The fraction of sp³-hybridized carbons (Fsp3) is 0.882. The Kier molecular flexibility index (Phi) is 8.45. The van der Waals surface area contributed by atoms with Crippen LogP contribution in [0.1, 0.15) is 59.3 Å². The van der Waals surface area contributed by atoms with Gasteiger partial charge in [0, 0.05) is 0 Å². The van der Waals surface area contributed by atoms with Crippen LogP contribution in [0.3, 0.4) is 0 Å². The highest BCUT2D eigenvalue weighted by Crippen LogP contribution is 2.40. The molecule has 1 unspecified atom stereocenters. The van der Waals surface area contributed by atoms with Crippen LogP contribution in [0, 0.1) is 5.92 Å². The number of carbonyl (C=O) groups is 2. The van der Waals surface area contributed by atoms with Gasteiger partial charge < -0.3 is 14.2 Å². The summed E-state index contributed by atoms with van der Waals surface area (Å²) in [6.45, 7) is 1.91. The second-order valence-electron chi connectivity index (χ2n) is 8.08. The molecule has 1 atom stereocenters. The molecule has 0 aliphatic heterocycles. The van der Waals surface area contributed by atoms with Crippen molar-refractivity contribution in [1.82, 2.24) is 0 Å². The monoisotopic (exact) mass is 484 g/mol. The lowest BCUT2D eigenvalue weighted by atomic mass is 9.89. The predicted octanol–water partition coefficient (Wildman–Crippen LogP) is 3.60. The van der Waals surface area contributed by atoms with Gasteiger partial charge in [0.15, 0.2) is 0 Å². The molecule has 0 radical (unpaired) electrons. The Hall–Kier alpha value is -1.54. The second kappa shape index (κ2) is 9.53. The van der Waals surface area contributed by atoms with E-state index in [0.29, 0.717) is 12.8 Å². The van der Waals surface area contributed by atoms with Crippen LogP contribution >= 0.6 is 0 Å². The van der Waals surface area contributed by atoms with Gasteiger partial charge in [-0.3, -0.25) is 9.35 Å². The minimum absolute atomic E-state index is 0.196. The molecule has 0 aromatic heterocycles. The van der Waals surface area contributed by atoms with Crippen molar-refractivity contribution in [3.8, 4) is 0 Å². The average molecular weight is 484 g/mol. The van der Waals surface area contributed by atoms with E-state index < -0.39 is 63.8 Å². The molecule has 0 saturated heterocycles. The Bertz CT molecular complexity index is 753. The molecule has 0 aromatic carbocycles. The number of carbonyl (C=O) groups excluding carboxylic acids is 2. The maximum absolute atomic E-state index is 13.9. The van der Waals surface area contributed by atoms with Crippen molar-refractivity contribution in [2.24, 2.45) is 5.92 Å². The molecule has 1 saturated carbocycles. The zero-order valence-electron chi connectivity index (χ0n) is 17.1. The summed E-state index contributed by atoms with van der Waals surface area (Å²) in [4.78, 5) is 24.8. The molecular formula is C17H25F5O8S. The van der Waals surface area contributed by atoms with Gasteiger partial charge in [0.1, 0.15) is 5.60 Å². The molecule has 0 bridgehead atoms. The first-order valence-corrected chi connectivity index (χ1v) is 10.8. The molecule has 14 heteroatoms. The van der Waals surface area contributed by atoms with E-state index in [1.165, 1.54) is 20.8 Å². The van der Waals surface area contributed by atoms with Crippen LogP contribution in [0.4, 0.5) is 22.0 Å². The quantitative estimate of drug-likeness (QED) is 0.241. The molecule has 1 fully saturated rings. The topological polar surface area (TPSA) is 116 Å². The Morgan fingerprint density at radius 3 is 1.90 bits per heavy atom. The number of ether oxygens (including phenoxy) is 3. The van der Waals surface area contributed by atoms with E-state index in [1.807, 2.05) is 0 Å². The van der Waals surface area contributed by atoms with E-state index >= 15 is 0 Å². The van der Waals surface area contributed by atoms with Crippen LogP contribution < -0.4 is 0 Å². The van der Waals surface area contributed by atoms with Gasteiger partial charge in [-0.2, -0.15) is 30.4 Å². The molecule has 1 aliphatic rings. The first-order chi connectivity index (χ1) is 13.8. The second-order valence-corrected chi connectivity index (χ2v) is 9.63. The van der Waals surface area contributed by atoms with Crippen molar-refractivity contribution in [2.75, 3.05) is 6.61 Å². The minimum atomic E-state index is -5.96. The van der Waals surface area contributed by atoms with Gasteiger partial charge in [0.25, 0.3) is 0 Å². The van der Waals surface area contributed by atoms with Crippen LogP contribution in [0.25, 0.3) is 0 Å². The maximum atomic E-state index is 13.9. The van der Waals surface area contributed by atoms with Crippen LogP contribution in [-0.2, 0) is 33.9 Å². The van der Waals surface area contributed by atoms with Crippen LogP contribution in [0.5, 0.6) is 0 Å². The average Bonchev–Trinajstić information content (AvgIpc) is 2.57. The van der Waals surface area contributed by atoms with E-state index in [1.54, 1.807) is 0 Å². The highest BCUT2D eigenvalue weighted by atomic mass is 32.2. The van der Waals surface area contributed by atoms with E-state index in [4.69, 9.17) is 4.55 Å². The van der Waals surface area contributed by atoms with E-state index in [0.717, 1.165) is 6.42 Å². The van der Waals surface area contributed by atoms with Gasteiger partial charge in [-0.25, -0.2) is 4.79 Å². The molecule has 0 amide bonds. The number of hydrogen-bond acceptors (Lipinski definition) is 7. The number of halogens is 5. The molecule has 31 heavy (non-hydrogen) atoms. The van der Waals surface area contributed by atoms with E-state index in [-0.39, 0.29) is 12.8 Å². The van der Waals surface area contributed by atoms with Gasteiger partial charge >= 0.3 is 39.3 Å². The van der Waals surface area contributed by atoms with Crippen molar-refractivity contribution in [2.45, 2.75) is 82.1 Å². The molecule has 8 nitrogen and oxygen atoms in total. The fourth-order valence-electron chi connectivity index (χ4n) is 2.74. The molecule has 1 rings (SSSR count). The zero-order valence-corrected chi connectivity index (χ0v) is 17.9. The van der Waals surface area contributed by atoms with Crippen LogP contribution in [-0.4, -0.2) is 54.3 Å². The summed E-state index contributed by atoms with van der Waals surface area (Å²) in [7, 11) is -5.96. The lowest BCUT2D eigenvalue weighted by Gasteiger charge is -2.36. The van der Waals surface area contributed by atoms with Gasteiger partial charge in [-0.1, -0.05) is 19.3 Å². The third-order valence-corrected chi connectivity index (χ3v) is 5.26. The summed E-state index contributed by atoms with van der Waals surface area (Å²) < 4.78 is 112. The fourth-order valence-corrected chi connectivity index (χ4v) is 3.08. The van der Waals surface area contributed by atoms with Crippen molar-refractivity contribution < 1.29 is 58.7 Å². The SMILES string of the molecule is CC(C)(C)OC(=O)C(OCCC(F)(F)S(=O)(=O)O)(OC(=O)C1CCCCC1)C(F)(F)F. The summed E-state index contributed by atoms with van der Waals surface area (Å²) >= 11 is 0. The molecule has 1 aliphatic carbocycles. The van der Waals surface area contributed by atoms with Gasteiger partial charge in [0.2, 0.25) is 0 Å². The Morgan fingerprint density at radius 1 is 0.968 bits per heavy atom. The molecule has 0 aromatic rings. The Labute approximate surface area is 176 Å². The van der Waals surface area contributed by atoms with Gasteiger partial charge in [-0.15, -0.1) is 0 Å². The number of esters is 2. The minimum Gasteiger partial charge on any atom is -0.455 e. The Morgan fingerprint density at radius 2 is 1.48 bits per heavy atom. The largest absolute Gasteiger partial charge is 0.468 e. The van der Waals surface area contributed by atoms with Gasteiger partial charge in [0.05, 0.1) is 18.9 Å². The first kappa shape index (κ1) is 27.5. The highest BCUT2D eigenvalue weighted by molar-refractivity contribution is 7.86. The normalized spacial score (nSPS) is 18.9. The summed E-state index contributed by atoms with van der Waals surface area (Å²) in [6.07, 6.45) is -5.49. The van der Waals surface area contributed by atoms with Gasteiger partial charge in [-0.05, 0) is 33.6 Å². The highest BCUT2D eigenvalue weighted by Gasteiger charge is 2.68. The molecule has 0 heterocycles. The molecular weight excluding hydrogens is 459 g/mol. The maximum Gasteiger partial charge on any atom is 0.468 e. The molecule has 1 N–H and O–H groups in total. The third kappa shape index (κ3) is 7.24. The number of hydrogen-bond donors (Lipinski definition) is 1. The lowest BCUT2D eigenvalue weighted by molar-refractivity contribution is -0.360. The van der Waals surface area contributed by atoms with Crippen molar-refractivity contribution >= 4 is 22.1 Å². The smallest absolute Gasteiger partial charge is 0.455 e. The number of rotatable bonds is 8. The summed E-state index contributed by atoms with van der Waals surface area (Å²) in [5, 5.41) is -4.87. The molecule has 182 valence electrons. The van der Waals surface area contributed by atoms with Crippen molar-refractivity contribution in [3.05, 3.63) is 0 Å². The lowest BCUT2D eigenvalue weighted by Crippen LogP contribution is -2.60. The van der Waals surface area contributed by atoms with Crippen molar-refractivity contribution in [1.29, 1.82) is 0 Å². The first-order valence-electron chi connectivity index (χ1n) is 9.34. The summed E-state index contributed by atoms with van der Waals surface area (Å²) in [6, 6.07) is 0. The number of alkyl halides is 5. The predicted molar refractivity (Wildman–Crippen MR) is 94.4 cm³/mol. The summed E-state index contributed by atoms with van der Waals surface area (Å²) in [5.41, 5.74) is -1.51. The molecule has 0 spiro atoms. The van der Waals surface area contributed by atoms with E-state index in [9.17, 15) is 40.0 Å². The summed E-state index contributed by atoms with van der Waals surface area (Å²) in [5.74, 6) is -9.01. The third-order valence-electron chi connectivity index (χ3n) is 4.30. The van der Waals surface area contributed by atoms with Crippen LogP contribution in [0.2, 0.25) is 0 Å². The standard InChI is InChI=1S/C17H25F5O8S/c1-14(2,3)30-13(24)16(17(20,21)22,28-10-9-15(18,19)31(25,26)27)29-12(23)11-7-5-4-6-8-11/h11H,4-10H2,1-3H3,(H,25,26,27). The van der Waals surface area contributed by atoms with E-state index in [2.05, 4.69) is 14.2 Å².